The number of hydrogen-bond acceptors (Lipinski definition) is 11. The summed E-state index contributed by atoms with van der Waals surface area (Å²) in [6, 6.07) is 38.0. The van der Waals surface area contributed by atoms with Gasteiger partial charge in [0.25, 0.3) is 14.4 Å². The Bertz CT molecular complexity index is 2180. The summed E-state index contributed by atoms with van der Waals surface area (Å²) >= 11 is 0. The third-order valence-electron chi connectivity index (χ3n) is 10.1. The highest BCUT2D eigenvalue weighted by atomic mass is 31.2. The molecule has 314 valence electrons. The molecule has 13 nitrogen and oxygen atoms in total. The zero-order valence-corrected chi connectivity index (χ0v) is 35.7. The van der Waals surface area contributed by atoms with Crippen molar-refractivity contribution >= 4 is 20.3 Å². The van der Waals surface area contributed by atoms with Crippen molar-refractivity contribution < 1.29 is 32.8 Å². The number of aromatic nitrogens is 2. The van der Waals surface area contributed by atoms with Gasteiger partial charge in [-0.05, 0) is 86.8 Å². The van der Waals surface area contributed by atoms with Crippen LogP contribution in [0.25, 0.3) is 0 Å². The molecular formula is C46H52N5O8P. The highest BCUT2D eigenvalue weighted by Gasteiger charge is 2.45. The van der Waals surface area contributed by atoms with Crippen LogP contribution in [0.2, 0.25) is 0 Å². The van der Waals surface area contributed by atoms with Gasteiger partial charge in [-0.3, -0.25) is 9.36 Å². The number of carbonyl (C=O) groups is 1. The van der Waals surface area contributed by atoms with Crippen LogP contribution in [-0.4, -0.2) is 71.9 Å². The van der Waals surface area contributed by atoms with Crippen molar-refractivity contribution in [2.45, 2.75) is 76.7 Å². The van der Waals surface area contributed by atoms with Crippen LogP contribution in [0.5, 0.6) is 11.5 Å². The van der Waals surface area contributed by atoms with Gasteiger partial charge in [-0.2, -0.15) is 10.2 Å². The van der Waals surface area contributed by atoms with Gasteiger partial charge in [0.05, 0.1) is 46.0 Å². The molecule has 0 radical (unpaired) electrons. The molecule has 0 saturated carbocycles. The summed E-state index contributed by atoms with van der Waals surface area (Å²) in [4.78, 5) is 30.7. The minimum absolute atomic E-state index is 0.0201. The third kappa shape index (κ3) is 10.3. The fourth-order valence-corrected chi connectivity index (χ4v) is 9.06. The molecular weight excluding hydrogens is 782 g/mol. The Morgan fingerprint density at radius 3 is 1.98 bits per heavy atom. The molecule has 1 aliphatic heterocycles. The number of benzene rings is 4. The van der Waals surface area contributed by atoms with E-state index in [0.29, 0.717) is 17.1 Å². The number of nitrogens with zero attached hydrogens (tertiary/aromatic N) is 4. The van der Waals surface area contributed by atoms with Gasteiger partial charge in [0.1, 0.15) is 35.2 Å². The summed E-state index contributed by atoms with van der Waals surface area (Å²) in [7, 11) is 1.55. The number of nitrogens with one attached hydrogen (secondary N) is 1. The van der Waals surface area contributed by atoms with E-state index in [1.54, 1.807) is 50.7 Å². The normalized spacial score (nSPS) is 17.1. The van der Waals surface area contributed by atoms with Crippen LogP contribution in [0.3, 0.4) is 0 Å². The molecule has 1 saturated heterocycles. The summed E-state index contributed by atoms with van der Waals surface area (Å²) < 4.78 is 41.9. The Morgan fingerprint density at radius 2 is 1.45 bits per heavy atom. The molecule has 4 aromatic carbocycles. The van der Waals surface area contributed by atoms with Crippen LogP contribution in [0.15, 0.2) is 126 Å². The molecule has 2 unspecified atom stereocenters. The molecule has 1 aliphatic rings. The fourth-order valence-electron chi connectivity index (χ4n) is 7.30. The molecule has 5 aromatic rings. The van der Waals surface area contributed by atoms with E-state index >= 15 is 0 Å². The molecule has 1 aromatic heterocycles. The van der Waals surface area contributed by atoms with Crippen LogP contribution in [-0.2, 0) is 24.1 Å². The van der Waals surface area contributed by atoms with E-state index in [9.17, 15) is 14.9 Å². The minimum Gasteiger partial charge on any atom is -0.497 e. The Kier molecular flexibility index (Phi) is 15.2. The van der Waals surface area contributed by atoms with Crippen molar-refractivity contribution in [1.82, 2.24) is 14.2 Å². The maximum absolute atomic E-state index is 13.7. The third-order valence-corrected chi connectivity index (χ3v) is 12.3. The second kappa shape index (κ2) is 20.7. The van der Waals surface area contributed by atoms with E-state index in [1.165, 1.54) is 4.57 Å². The van der Waals surface area contributed by atoms with Gasteiger partial charge in [0.15, 0.2) is 0 Å². The topological polar surface area (TPSA) is 146 Å². The number of methoxy groups -OCH3 is 2. The molecule has 1 fully saturated rings. The monoisotopic (exact) mass is 833 g/mol. The smallest absolute Gasteiger partial charge is 0.351 e. The zero-order chi connectivity index (χ0) is 42.6. The summed E-state index contributed by atoms with van der Waals surface area (Å²) in [5.74, 6) is 1.12. The first-order chi connectivity index (χ1) is 29.1. The number of carbonyl (C=O) groups excluding carboxylic acids is 1. The average Bonchev–Trinajstić information content (AvgIpc) is 3.66. The molecule has 0 bridgehead atoms. The largest absolute Gasteiger partial charge is 0.497 e. The maximum atomic E-state index is 13.7. The summed E-state index contributed by atoms with van der Waals surface area (Å²) in [5.41, 5.74) is 1.22. The molecule has 14 heteroatoms. The van der Waals surface area contributed by atoms with Crippen molar-refractivity contribution in [1.29, 1.82) is 5.26 Å². The molecule has 2 heterocycles. The predicted molar refractivity (Wildman–Crippen MR) is 230 cm³/mol. The van der Waals surface area contributed by atoms with Crippen LogP contribution in [0.4, 0.5) is 5.82 Å². The SMILES string of the molecule is COc1ccc(C(OC[C@H]2O[C@@H](n3ccc(NC(=O)c4ccccc4)nc3=O)CC2OP(OCCC#N)N(C(C)C)C(C)C)(c2ccccc2)c2ccc(OC)cc2)cc1. The van der Waals surface area contributed by atoms with Gasteiger partial charge in [-0.15, -0.1) is 0 Å². The Morgan fingerprint density at radius 1 is 0.883 bits per heavy atom. The number of ether oxygens (including phenoxy) is 4. The van der Waals surface area contributed by atoms with Crippen molar-refractivity contribution in [3.63, 3.8) is 0 Å². The Labute approximate surface area is 352 Å². The van der Waals surface area contributed by atoms with Crippen LogP contribution < -0.4 is 20.5 Å². The van der Waals surface area contributed by atoms with Gasteiger partial charge in [0.2, 0.25) is 0 Å². The number of nitriles is 1. The van der Waals surface area contributed by atoms with Gasteiger partial charge < -0.3 is 33.3 Å². The average molecular weight is 834 g/mol. The first-order valence-corrected chi connectivity index (χ1v) is 21.1. The Hall–Kier alpha value is -5.45. The lowest BCUT2D eigenvalue weighted by Gasteiger charge is -2.39. The lowest BCUT2D eigenvalue weighted by atomic mass is 9.80. The summed E-state index contributed by atoms with van der Waals surface area (Å²) in [6.45, 7) is 8.49. The number of amides is 1. The minimum atomic E-state index is -1.70. The fraction of sp³-hybridized carbons (Fsp3) is 0.348. The zero-order valence-electron chi connectivity index (χ0n) is 34.8. The van der Waals surface area contributed by atoms with E-state index in [0.717, 1.165) is 16.7 Å². The second-order valence-electron chi connectivity index (χ2n) is 14.7. The summed E-state index contributed by atoms with van der Waals surface area (Å²) in [5, 5.41) is 12.1. The first kappa shape index (κ1) is 44.1. The maximum Gasteiger partial charge on any atom is 0.351 e. The molecule has 1 amide bonds. The van der Waals surface area contributed by atoms with Crippen molar-refractivity contribution in [2.75, 3.05) is 32.8 Å². The molecule has 0 spiro atoms. The Balaban J connectivity index is 1.39. The standard InChI is InChI=1S/C46H52N5O8P/c1-32(2)51(33(3)4)60(57-29-13-27-47)59-40-30-43(50-28-26-42(49-45(50)53)48-44(52)34-14-9-7-10-15-34)58-41(40)31-56-46(35-16-11-8-12-17-35,36-18-22-38(54-5)23-19-36)37-20-24-39(55-6)25-21-37/h7-12,14-26,28,32-33,40-41,43H,13,29-31H2,1-6H3,(H,48,49,52,53)/t40?,41-,43-,60?/m1/s1. The van der Waals surface area contributed by atoms with Crippen molar-refractivity contribution in [2.24, 2.45) is 0 Å². The van der Waals surface area contributed by atoms with Gasteiger partial charge >= 0.3 is 5.69 Å². The van der Waals surface area contributed by atoms with E-state index in [-0.39, 0.29) is 49.9 Å². The van der Waals surface area contributed by atoms with Gasteiger partial charge in [-0.1, -0.05) is 72.8 Å². The molecule has 60 heavy (non-hydrogen) atoms. The van der Waals surface area contributed by atoms with Crippen LogP contribution >= 0.6 is 8.53 Å². The van der Waals surface area contributed by atoms with E-state index in [4.69, 9.17) is 28.0 Å². The van der Waals surface area contributed by atoms with Crippen LogP contribution in [0.1, 0.15) is 73.8 Å². The second-order valence-corrected chi connectivity index (χ2v) is 16.1. The van der Waals surface area contributed by atoms with E-state index in [1.807, 2.05) is 84.9 Å². The molecule has 6 rings (SSSR count). The summed E-state index contributed by atoms with van der Waals surface area (Å²) in [6.07, 6.45) is -0.153. The quantitative estimate of drug-likeness (QED) is 0.0486. The van der Waals surface area contributed by atoms with Gasteiger partial charge in [-0.25, -0.2) is 9.46 Å². The molecule has 4 atom stereocenters. The van der Waals surface area contributed by atoms with Crippen molar-refractivity contribution in [3.8, 4) is 17.6 Å². The van der Waals surface area contributed by atoms with Gasteiger partial charge in [0, 0.05) is 30.3 Å². The van der Waals surface area contributed by atoms with E-state index in [2.05, 4.69) is 48.7 Å². The number of rotatable bonds is 19. The molecule has 0 aliphatic carbocycles. The predicted octanol–water partition coefficient (Wildman–Crippen LogP) is 8.47. The first-order valence-electron chi connectivity index (χ1n) is 19.9. The number of hydrogen-bond donors (Lipinski definition) is 1. The highest BCUT2D eigenvalue weighted by molar-refractivity contribution is 7.44. The number of anilines is 1. The van der Waals surface area contributed by atoms with Crippen LogP contribution in [0, 0.1) is 11.3 Å². The van der Waals surface area contributed by atoms with E-state index < -0.39 is 38.3 Å². The lowest BCUT2D eigenvalue weighted by molar-refractivity contribution is -0.0925. The lowest BCUT2D eigenvalue weighted by Crippen LogP contribution is -2.39. The highest BCUT2D eigenvalue weighted by Crippen LogP contribution is 2.50. The van der Waals surface area contributed by atoms with Crippen molar-refractivity contribution in [3.05, 3.63) is 154 Å². The molecule has 1 N–H and O–H groups in total.